The molecule has 186 valence electrons. The van der Waals surface area contributed by atoms with Crippen molar-refractivity contribution in [2.75, 3.05) is 29.0 Å². The van der Waals surface area contributed by atoms with E-state index in [1.54, 1.807) is 0 Å². The van der Waals surface area contributed by atoms with Gasteiger partial charge in [0.2, 0.25) is 0 Å². The third kappa shape index (κ3) is 7.88. The van der Waals surface area contributed by atoms with E-state index >= 15 is 0 Å². The van der Waals surface area contributed by atoms with Gasteiger partial charge in [0.05, 0.1) is 0 Å². The molecule has 0 amide bonds. The number of nitrogens with one attached hydrogen (secondary N) is 1. The third-order valence-corrected chi connectivity index (χ3v) is 14.4. The topological polar surface area (TPSA) is 101 Å². The van der Waals surface area contributed by atoms with Crippen LogP contribution in [0.4, 0.5) is 5.69 Å². The van der Waals surface area contributed by atoms with Crippen LogP contribution in [0, 0.1) is 0 Å². The Morgan fingerprint density at radius 2 is 2.03 bits per heavy atom. The first-order valence-electron chi connectivity index (χ1n) is 11.0. The zero-order valence-corrected chi connectivity index (χ0v) is 24.8. The second kappa shape index (κ2) is 11.2. The molecule has 3 atom stereocenters. The van der Waals surface area contributed by atoms with Crippen LogP contribution in [0.3, 0.4) is 0 Å². The first-order chi connectivity index (χ1) is 15.4. The standard InChI is InChI=1S/C22H33I2N2O6P/c1-6-26(7-2)16-8-9-17-18(13-21(27)31-20(17)12-16)19(10-11-30-22(4,5)23)32-33(28,29)25-24-14-15(24)3/h8-9,12-13,15,19H,6-7,10-11,14H2,1-5H3,(H2,25,28,29). The van der Waals surface area contributed by atoms with Crippen molar-refractivity contribution in [3.8, 4) is 0 Å². The minimum absolute atomic E-state index is 0.304. The summed E-state index contributed by atoms with van der Waals surface area (Å²) in [5, 5.41) is 0.683. The van der Waals surface area contributed by atoms with E-state index in [9.17, 15) is 14.3 Å². The van der Waals surface area contributed by atoms with E-state index < -0.39 is 43.2 Å². The second-order valence-electron chi connectivity index (χ2n) is 8.41. The molecule has 3 unspecified atom stereocenters. The molecule has 0 radical (unpaired) electrons. The number of halogens is 2. The SMILES string of the molecule is CCN(CC)c1ccc2c(C(CCOC(C)(C)I)OP(=O)(O)NI3CC3C)cc(=O)oc2c1. The average molecular weight is 706 g/mol. The molecule has 1 aromatic carbocycles. The number of hydrogen-bond acceptors (Lipinski definition) is 6. The van der Waals surface area contributed by atoms with Crippen molar-refractivity contribution in [3.05, 3.63) is 40.2 Å². The quantitative estimate of drug-likeness (QED) is 0.0942. The summed E-state index contributed by atoms with van der Waals surface area (Å²) in [5.41, 5.74) is 1.39. The maximum absolute atomic E-state index is 12.9. The Morgan fingerprint density at radius 3 is 2.61 bits per heavy atom. The zero-order chi connectivity index (χ0) is 24.4. The first kappa shape index (κ1) is 27.3. The van der Waals surface area contributed by atoms with Crippen LogP contribution in [0.1, 0.15) is 52.7 Å². The van der Waals surface area contributed by atoms with Crippen molar-refractivity contribution in [3.63, 3.8) is 0 Å². The maximum atomic E-state index is 12.9. The summed E-state index contributed by atoms with van der Waals surface area (Å²) >= 11 is 0.569. The van der Waals surface area contributed by atoms with Gasteiger partial charge in [-0.1, -0.05) is 0 Å². The van der Waals surface area contributed by atoms with Gasteiger partial charge >= 0.3 is 217 Å². The minimum atomic E-state index is -4.03. The Balaban J connectivity index is 1.97. The zero-order valence-electron chi connectivity index (χ0n) is 19.6. The van der Waals surface area contributed by atoms with Crippen LogP contribution in [-0.4, -0.2) is 36.5 Å². The van der Waals surface area contributed by atoms with Gasteiger partial charge in [-0.2, -0.15) is 0 Å². The number of nitrogens with zero attached hydrogens (tertiary/aromatic N) is 1. The molecule has 1 fully saturated rings. The van der Waals surface area contributed by atoms with Gasteiger partial charge in [0.15, 0.2) is 0 Å². The molecule has 3 rings (SSSR count). The van der Waals surface area contributed by atoms with Gasteiger partial charge < -0.3 is 0 Å². The summed E-state index contributed by atoms with van der Waals surface area (Å²) in [5.74, 6) is 0. The van der Waals surface area contributed by atoms with Crippen LogP contribution in [0.5, 0.6) is 0 Å². The van der Waals surface area contributed by atoms with E-state index in [1.807, 2.05) is 32.0 Å². The Labute approximate surface area is 216 Å². The van der Waals surface area contributed by atoms with Crippen LogP contribution < -0.4 is 13.8 Å². The Bertz CT molecular complexity index is 1070. The van der Waals surface area contributed by atoms with E-state index in [0.717, 1.165) is 23.2 Å². The Hall–Kier alpha value is -0.240. The molecule has 2 aromatic rings. The molecule has 8 nitrogen and oxygen atoms in total. The van der Waals surface area contributed by atoms with E-state index in [2.05, 4.69) is 51.6 Å². The van der Waals surface area contributed by atoms with Crippen molar-refractivity contribution < 1.29 is 23.1 Å². The molecule has 0 aliphatic carbocycles. The van der Waals surface area contributed by atoms with E-state index in [4.69, 9.17) is 13.7 Å². The molecular weight excluding hydrogens is 673 g/mol. The summed E-state index contributed by atoms with van der Waals surface area (Å²) < 4.78 is 34.0. The van der Waals surface area contributed by atoms with Gasteiger partial charge in [0.25, 0.3) is 0 Å². The van der Waals surface area contributed by atoms with Gasteiger partial charge in [-0.05, 0) is 0 Å². The molecule has 1 aromatic heterocycles. The Kier molecular flexibility index (Phi) is 9.30. The summed E-state index contributed by atoms with van der Waals surface area (Å²) in [4.78, 5) is 25.2. The summed E-state index contributed by atoms with van der Waals surface area (Å²) in [6.07, 6.45) is -0.484. The number of benzene rings is 1. The average Bonchev–Trinajstić information content (AvgIpc) is 3.39. The fraction of sp³-hybridized carbons (Fsp3) is 0.591. The van der Waals surface area contributed by atoms with Crippen molar-refractivity contribution in [2.45, 2.75) is 54.7 Å². The second-order valence-corrected chi connectivity index (χ2v) is 19.1. The van der Waals surface area contributed by atoms with Gasteiger partial charge in [0, 0.05) is 0 Å². The molecule has 0 bridgehead atoms. The van der Waals surface area contributed by atoms with Gasteiger partial charge in [0.1, 0.15) is 0 Å². The summed E-state index contributed by atoms with van der Waals surface area (Å²) in [6.45, 7) is 12.0. The fourth-order valence-corrected chi connectivity index (χ4v) is 11.8. The Morgan fingerprint density at radius 1 is 1.36 bits per heavy atom. The summed E-state index contributed by atoms with van der Waals surface area (Å²) in [7, 11) is -4.03. The molecule has 1 saturated heterocycles. The predicted molar refractivity (Wildman–Crippen MR) is 150 cm³/mol. The summed E-state index contributed by atoms with van der Waals surface area (Å²) in [6, 6.07) is 7.05. The van der Waals surface area contributed by atoms with Crippen LogP contribution in [-0.2, 0) is 13.8 Å². The molecule has 0 spiro atoms. The molecular formula is C22H33I2N2O6P. The van der Waals surface area contributed by atoms with E-state index in [0.29, 0.717) is 33.5 Å². The molecule has 2 heterocycles. The van der Waals surface area contributed by atoms with Crippen molar-refractivity contribution in [2.24, 2.45) is 0 Å². The van der Waals surface area contributed by atoms with E-state index in [-0.39, 0.29) is 0 Å². The number of hydrogen-bond donors (Lipinski definition) is 2. The van der Waals surface area contributed by atoms with Crippen LogP contribution in [0.15, 0.2) is 33.5 Å². The fourth-order valence-electron chi connectivity index (χ4n) is 3.54. The molecule has 1 aliphatic heterocycles. The molecule has 1 aliphatic rings. The number of anilines is 1. The number of fused-ring (bicyclic) bond motifs is 1. The monoisotopic (exact) mass is 706 g/mol. The molecule has 11 heteroatoms. The van der Waals surface area contributed by atoms with Gasteiger partial charge in [-0.3, -0.25) is 0 Å². The van der Waals surface area contributed by atoms with Gasteiger partial charge in [-0.25, -0.2) is 0 Å². The predicted octanol–water partition coefficient (Wildman–Crippen LogP) is 5.79. The molecule has 2 N–H and O–H groups in total. The first-order valence-corrected chi connectivity index (χ1v) is 17.5. The normalized spacial score (nSPS) is 20.0. The van der Waals surface area contributed by atoms with Crippen LogP contribution in [0.2, 0.25) is 0 Å². The van der Waals surface area contributed by atoms with Gasteiger partial charge in [-0.15, -0.1) is 0 Å². The van der Waals surface area contributed by atoms with Crippen molar-refractivity contribution in [1.29, 1.82) is 0 Å². The van der Waals surface area contributed by atoms with Crippen molar-refractivity contribution in [1.82, 2.24) is 3.30 Å². The number of rotatable bonds is 12. The third-order valence-electron chi connectivity index (χ3n) is 5.27. The molecule has 33 heavy (non-hydrogen) atoms. The molecule has 0 saturated carbocycles. The van der Waals surface area contributed by atoms with Crippen LogP contribution >= 0.6 is 50.4 Å². The van der Waals surface area contributed by atoms with Crippen LogP contribution in [0.25, 0.3) is 11.0 Å². The number of ether oxygens (including phenoxy) is 1. The number of alkyl halides is 3. The van der Waals surface area contributed by atoms with E-state index in [1.165, 1.54) is 6.07 Å². The van der Waals surface area contributed by atoms with Crippen molar-refractivity contribution >= 4 is 67.1 Å².